The van der Waals surface area contributed by atoms with E-state index in [1.54, 1.807) is 14.2 Å². The van der Waals surface area contributed by atoms with Crippen LogP contribution in [0.15, 0.2) is 42.5 Å². The summed E-state index contributed by atoms with van der Waals surface area (Å²) in [5.41, 5.74) is 9.54. The van der Waals surface area contributed by atoms with Crippen molar-refractivity contribution in [3.05, 3.63) is 59.2 Å². The molecule has 0 aliphatic carbocycles. The van der Waals surface area contributed by atoms with E-state index in [2.05, 4.69) is 31.3 Å². The fourth-order valence-electron chi connectivity index (χ4n) is 2.85. The summed E-state index contributed by atoms with van der Waals surface area (Å²) in [4.78, 5) is 12.2. The predicted octanol–water partition coefficient (Wildman–Crippen LogP) is 4.00. The van der Waals surface area contributed by atoms with Crippen LogP contribution in [-0.2, 0) is 11.2 Å². The number of methoxy groups -OCH3 is 2. The average Bonchev–Trinajstić information content (AvgIpc) is 2.70. The Morgan fingerprint density at radius 3 is 2.18 bits per heavy atom. The van der Waals surface area contributed by atoms with Gasteiger partial charge in [-0.1, -0.05) is 44.2 Å². The number of halogens is 1. The van der Waals surface area contributed by atoms with Crippen LogP contribution in [0, 0.1) is 0 Å². The summed E-state index contributed by atoms with van der Waals surface area (Å²) in [7, 11) is 3.20. The van der Waals surface area contributed by atoms with Crippen molar-refractivity contribution >= 4 is 18.3 Å². The van der Waals surface area contributed by atoms with E-state index in [1.165, 1.54) is 5.56 Å². The van der Waals surface area contributed by atoms with Crippen LogP contribution in [0.5, 0.6) is 11.5 Å². The van der Waals surface area contributed by atoms with Gasteiger partial charge in [-0.3, -0.25) is 4.79 Å². The maximum absolute atomic E-state index is 12.2. The second-order valence-electron chi connectivity index (χ2n) is 6.92. The number of ether oxygens (including phenoxy) is 2. The minimum absolute atomic E-state index is 0. The molecule has 0 aromatic heterocycles. The monoisotopic (exact) mass is 406 g/mol. The van der Waals surface area contributed by atoms with E-state index >= 15 is 0 Å². The van der Waals surface area contributed by atoms with Gasteiger partial charge < -0.3 is 20.5 Å². The zero-order valence-electron chi connectivity index (χ0n) is 17.0. The Balaban J connectivity index is 0.00000392. The van der Waals surface area contributed by atoms with Gasteiger partial charge in [0.2, 0.25) is 5.91 Å². The highest BCUT2D eigenvalue weighted by atomic mass is 35.5. The Labute approximate surface area is 174 Å². The molecular weight excluding hydrogens is 376 g/mol. The van der Waals surface area contributed by atoms with Crippen LogP contribution in [-0.4, -0.2) is 26.7 Å². The second kappa shape index (κ2) is 11.6. The minimum atomic E-state index is -0.212. The van der Waals surface area contributed by atoms with Gasteiger partial charge in [0.25, 0.3) is 0 Å². The molecule has 0 heterocycles. The molecule has 0 radical (unpaired) electrons. The summed E-state index contributed by atoms with van der Waals surface area (Å²) in [6, 6.07) is 13.7. The Morgan fingerprint density at radius 1 is 1.00 bits per heavy atom. The van der Waals surface area contributed by atoms with E-state index in [9.17, 15) is 4.79 Å². The molecule has 0 bridgehead atoms. The Hall–Kier alpha value is -2.24. The zero-order chi connectivity index (χ0) is 19.8. The maximum Gasteiger partial charge on any atom is 0.220 e. The van der Waals surface area contributed by atoms with Gasteiger partial charge in [0.05, 0.1) is 14.2 Å². The fourth-order valence-corrected chi connectivity index (χ4v) is 2.85. The lowest BCUT2D eigenvalue weighted by molar-refractivity contribution is -0.121. The van der Waals surface area contributed by atoms with Crippen molar-refractivity contribution < 1.29 is 14.3 Å². The first kappa shape index (κ1) is 23.8. The third-order valence-corrected chi connectivity index (χ3v) is 4.64. The van der Waals surface area contributed by atoms with Crippen LogP contribution in [0.2, 0.25) is 0 Å². The standard InChI is InChI=1S/C22H30N2O3.ClH/c1-15(2)17-7-9-18(10-8-17)19(23)14-24-22(25)12-6-16-5-11-20(26-3)21(13-16)27-4;/h5,7-11,13,15,19H,6,12,14,23H2,1-4H3,(H,24,25);1H. The Morgan fingerprint density at radius 2 is 1.61 bits per heavy atom. The van der Waals surface area contributed by atoms with E-state index < -0.39 is 0 Å². The molecule has 0 spiro atoms. The van der Waals surface area contributed by atoms with Crippen molar-refractivity contribution in [2.75, 3.05) is 20.8 Å². The molecule has 6 heteroatoms. The molecule has 1 unspecified atom stereocenters. The summed E-state index contributed by atoms with van der Waals surface area (Å²) >= 11 is 0. The number of hydrogen-bond acceptors (Lipinski definition) is 4. The molecule has 0 saturated heterocycles. The lowest BCUT2D eigenvalue weighted by atomic mass is 9.99. The van der Waals surface area contributed by atoms with Crippen molar-refractivity contribution in [1.82, 2.24) is 5.32 Å². The Kier molecular flexibility index (Phi) is 9.83. The van der Waals surface area contributed by atoms with Gasteiger partial charge in [-0.25, -0.2) is 0 Å². The van der Waals surface area contributed by atoms with Gasteiger partial charge in [-0.2, -0.15) is 0 Å². The van der Waals surface area contributed by atoms with Crippen LogP contribution >= 0.6 is 12.4 Å². The molecule has 0 saturated carbocycles. The van der Waals surface area contributed by atoms with Crippen LogP contribution in [0.25, 0.3) is 0 Å². The van der Waals surface area contributed by atoms with E-state index in [1.807, 2.05) is 30.3 Å². The van der Waals surface area contributed by atoms with Crippen LogP contribution < -0.4 is 20.5 Å². The van der Waals surface area contributed by atoms with E-state index in [0.29, 0.717) is 36.8 Å². The number of carbonyl (C=O) groups excluding carboxylic acids is 1. The number of nitrogens with two attached hydrogens (primary N) is 1. The van der Waals surface area contributed by atoms with Gasteiger partial charge in [-0.05, 0) is 41.2 Å². The topological polar surface area (TPSA) is 73.6 Å². The van der Waals surface area contributed by atoms with Crippen LogP contribution in [0.3, 0.4) is 0 Å². The molecular formula is C22H31ClN2O3. The van der Waals surface area contributed by atoms with Crippen LogP contribution in [0.1, 0.15) is 48.9 Å². The molecule has 1 atom stereocenters. The first-order valence-corrected chi connectivity index (χ1v) is 9.27. The van der Waals surface area contributed by atoms with E-state index in [4.69, 9.17) is 15.2 Å². The number of aryl methyl sites for hydroxylation is 1. The zero-order valence-corrected chi connectivity index (χ0v) is 17.8. The molecule has 0 fully saturated rings. The smallest absolute Gasteiger partial charge is 0.220 e. The van der Waals surface area contributed by atoms with Gasteiger partial charge in [0, 0.05) is 19.0 Å². The molecule has 3 N–H and O–H groups in total. The number of nitrogens with one attached hydrogen (secondary N) is 1. The highest BCUT2D eigenvalue weighted by Gasteiger charge is 2.10. The predicted molar refractivity (Wildman–Crippen MR) is 116 cm³/mol. The van der Waals surface area contributed by atoms with Crippen molar-refractivity contribution in [2.24, 2.45) is 5.73 Å². The average molecular weight is 407 g/mol. The largest absolute Gasteiger partial charge is 0.493 e. The quantitative estimate of drug-likeness (QED) is 0.660. The number of hydrogen-bond donors (Lipinski definition) is 2. The number of benzene rings is 2. The van der Waals surface area contributed by atoms with Crippen molar-refractivity contribution in [2.45, 2.75) is 38.6 Å². The molecule has 2 aromatic rings. The summed E-state index contributed by atoms with van der Waals surface area (Å²) in [6.45, 7) is 4.74. The Bertz CT molecular complexity index is 748. The molecule has 28 heavy (non-hydrogen) atoms. The van der Waals surface area contributed by atoms with Crippen molar-refractivity contribution in [1.29, 1.82) is 0 Å². The van der Waals surface area contributed by atoms with E-state index in [0.717, 1.165) is 11.1 Å². The van der Waals surface area contributed by atoms with Gasteiger partial charge in [-0.15, -0.1) is 12.4 Å². The van der Waals surface area contributed by atoms with Crippen LogP contribution in [0.4, 0.5) is 0 Å². The molecule has 5 nitrogen and oxygen atoms in total. The molecule has 154 valence electrons. The second-order valence-corrected chi connectivity index (χ2v) is 6.92. The van der Waals surface area contributed by atoms with Gasteiger partial charge in [0.15, 0.2) is 11.5 Å². The highest BCUT2D eigenvalue weighted by molar-refractivity contribution is 5.85. The van der Waals surface area contributed by atoms with Gasteiger partial charge >= 0.3 is 0 Å². The van der Waals surface area contributed by atoms with Gasteiger partial charge in [0.1, 0.15) is 0 Å². The normalized spacial score (nSPS) is 11.5. The third-order valence-electron chi connectivity index (χ3n) is 4.64. The lowest BCUT2D eigenvalue weighted by Crippen LogP contribution is -2.32. The molecule has 0 aliphatic rings. The third kappa shape index (κ3) is 6.73. The molecule has 2 aromatic carbocycles. The summed E-state index contributed by atoms with van der Waals surface area (Å²) in [6.07, 6.45) is 1.03. The minimum Gasteiger partial charge on any atom is -0.493 e. The lowest BCUT2D eigenvalue weighted by Gasteiger charge is -2.15. The van der Waals surface area contributed by atoms with Crippen molar-refractivity contribution in [3.63, 3.8) is 0 Å². The summed E-state index contributed by atoms with van der Waals surface area (Å²) in [5.74, 6) is 1.83. The van der Waals surface area contributed by atoms with E-state index in [-0.39, 0.29) is 24.4 Å². The molecule has 0 aliphatic heterocycles. The molecule has 2 rings (SSSR count). The van der Waals surface area contributed by atoms with Crippen molar-refractivity contribution in [3.8, 4) is 11.5 Å². The maximum atomic E-state index is 12.2. The molecule has 1 amide bonds. The first-order valence-electron chi connectivity index (χ1n) is 9.27. The summed E-state index contributed by atoms with van der Waals surface area (Å²) in [5, 5.41) is 2.92. The number of amides is 1. The highest BCUT2D eigenvalue weighted by Crippen LogP contribution is 2.28. The fraction of sp³-hybridized carbons (Fsp3) is 0.409. The SMILES string of the molecule is COc1ccc(CCC(=O)NCC(N)c2ccc(C(C)C)cc2)cc1OC.Cl. The number of rotatable bonds is 9. The summed E-state index contributed by atoms with van der Waals surface area (Å²) < 4.78 is 10.5. The first-order chi connectivity index (χ1) is 12.9. The number of carbonyl (C=O) groups is 1.